The molecule has 1 spiro atoms. The molecule has 0 aromatic rings. The molecule has 3 fully saturated rings. The van der Waals surface area contributed by atoms with E-state index in [0.717, 1.165) is 5.57 Å². The van der Waals surface area contributed by atoms with Gasteiger partial charge < -0.3 is 40.1 Å². The van der Waals surface area contributed by atoms with E-state index in [1.165, 1.54) is 0 Å². The van der Waals surface area contributed by atoms with Gasteiger partial charge in [-0.15, -0.1) is 0 Å². The summed E-state index contributed by atoms with van der Waals surface area (Å²) in [6, 6.07) is 0. The van der Waals surface area contributed by atoms with Gasteiger partial charge in [-0.1, -0.05) is 6.92 Å². The maximum atomic E-state index is 13.2. The normalized spacial score (nSPS) is 50.0. The summed E-state index contributed by atoms with van der Waals surface area (Å²) in [5.41, 5.74) is -2.19. The van der Waals surface area contributed by atoms with Gasteiger partial charge in [-0.05, 0) is 38.7 Å². The van der Waals surface area contributed by atoms with Gasteiger partial charge in [0.2, 0.25) is 6.29 Å². The van der Waals surface area contributed by atoms with Gasteiger partial charge in [-0.3, -0.25) is 4.79 Å². The molecule has 0 aromatic carbocycles. The van der Waals surface area contributed by atoms with Crippen molar-refractivity contribution in [1.29, 1.82) is 0 Å². The quantitative estimate of drug-likeness (QED) is 0.324. The largest absolute Gasteiger partial charge is 0.466 e. The number of aliphatic hydroxyl groups excluding tert-OH is 5. The van der Waals surface area contributed by atoms with E-state index in [9.17, 15) is 35.4 Å². The highest BCUT2D eigenvalue weighted by Crippen LogP contribution is 2.69. The van der Waals surface area contributed by atoms with Crippen LogP contribution in [0, 0.1) is 22.7 Å². The van der Waals surface area contributed by atoms with Crippen molar-refractivity contribution in [2.75, 3.05) is 13.2 Å². The molecule has 3 aliphatic carbocycles. The Labute approximate surface area is 174 Å². The first-order chi connectivity index (χ1) is 13.9. The van der Waals surface area contributed by atoms with Gasteiger partial charge in [0.1, 0.15) is 36.0 Å². The Hall–Kier alpha value is -1.07. The Morgan fingerprint density at radius 2 is 1.73 bits per heavy atom. The molecule has 1 heterocycles. The lowest BCUT2D eigenvalue weighted by molar-refractivity contribution is -0.295. The second-order valence-electron chi connectivity index (χ2n) is 9.91. The van der Waals surface area contributed by atoms with E-state index in [4.69, 9.17) is 9.47 Å². The third kappa shape index (κ3) is 2.76. The van der Waals surface area contributed by atoms with Gasteiger partial charge in [-0.2, -0.15) is 0 Å². The van der Waals surface area contributed by atoms with E-state index in [1.807, 2.05) is 6.92 Å². The molecular formula is C21H32O9. The highest BCUT2D eigenvalue weighted by Gasteiger charge is 2.71. The summed E-state index contributed by atoms with van der Waals surface area (Å²) in [5.74, 6) is -1.10. The lowest BCUT2D eigenvalue weighted by Gasteiger charge is -2.48. The number of aliphatic hydroxyl groups is 6. The predicted octanol–water partition coefficient (Wildman–Crippen LogP) is -1.17. The molecule has 4 rings (SSSR count). The number of hydrogen-bond acceptors (Lipinski definition) is 9. The van der Waals surface area contributed by atoms with Crippen molar-refractivity contribution >= 4 is 5.78 Å². The minimum Gasteiger partial charge on any atom is -0.466 e. The van der Waals surface area contributed by atoms with Crippen LogP contribution in [0.4, 0.5) is 0 Å². The Kier molecular flexibility index (Phi) is 5.14. The summed E-state index contributed by atoms with van der Waals surface area (Å²) >= 11 is 0. The number of carbonyl (C=O) groups is 1. The molecule has 170 valence electrons. The van der Waals surface area contributed by atoms with Gasteiger partial charge in [0.15, 0.2) is 0 Å². The number of ketones is 1. The number of carbonyl (C=O) groups excluding carboxylic acids is 1. The van der Waals surface area contributed by atoms with Crippen LogP contribution in [0.25, 0.3) is 0 Å². The maximum Gasteiger partial charge on any atom is 0.228 e. The fourth-order valence-electron chi connectivity index (χ4n) is 5.96. The topological polar surface area (TPSA) is 157 Å². The summed E-state index contributed by atoms with van der Waals surface area (Å²) in [6.07, 6.45) is -5.49. The van der Waals surface area contributed by atoms with E-state index in [-0.39, 0.29) is 18.8 Å². The van der Waals surface area contributed by atoms with Gasteiger partial charge in [0.25, 0.3) is 0 Å². The van der Waals surface area contributed by atoms with Crippen LogP contribution in [0.3, 0.4) is 0 Å². The monoisotopic (exact) mass is 428 g/mol. The molecule has 9 nitrogen and oxygen atoms in total. The van der Waals surface area contributed by atoms with Crippen molar-refractivity contribution in [1.82, 2.24) is 0 Å². The third-order valence-electron chi connectivity index (χ3n) is 8.14. The number of allylic oxidation sites excluding steroid dienone is 1. The molecule has 30 heavy (non-hydrogen) atoms. The van der Waals surface area contributed by atoms with Crippen LogP contribution in [0.15, 0.2) is 11.3 Å². The van der Waals surface area contributed by atoms with Crippen molar-refractivity contribution in [3.05, 3.63) is 11.3 Å². The molecule has 0 amide bonds. The summed E-state index contributed by atoms with van der Waals surface area (Å²) in [7, 11) is 0. The molecule has 2 saturated carbocycles. The smallest absolute Gasteiger partial charge is 0.228 e. The minimum absolute atomic E-state index is 0.214. The molecule has 1 unspecified atom stereocenters. The molecule has 4 aliphatic rings. The average molecular weight is 428 g/mol. The van der Waals surface area contributed by atoms with Crippen LogP contribution in [-0.2, 0) is 14.3 Å². The Morgan fingerprint density at radius 3 is 2.27 bits per heavy atom. The van der Waals surface area contributed by atoms with Crippen LogP contribution in [0.1, 0.15) is 40.0 Å². The Morgan fingerprint density at radius 1 is 1.10 bits per heavy atom. The molecule has 1 saturated heterocycles. The summed E-state index contributed by atoms with van der Waals surface area (Å²) in [5, 5.41) is 61.3. The molecule has 9 heteroatoms. The standard InChI is InChI=1S/C21H32O9/c1-9-16(30-18-15(26)14(25)13(24)11(7-22)29-18)10-6-19(2,8-23)17(27)12(10)20(3,28)21(9)4-5-21/h10-15,18,22-26,28H,4-8H2,1-3H3/t10?,11-,12-,13-,14+,15-,18+,19+,20+/m1/s1. The first-order valence-electron chi connectivity index (χ1n) is 10.5. The number of hydrogen-bond donors (Lipinski definition) is 6. The van der Waals surface area contributed by atoms with Gasteiger partial charge in [0, 0.05) is 11.3 Å². The molecule has 9 atom stereocenters. The number of fused-ring (bicyclic) bond motifs is 1. The highest BCUT2D eigenvalue weighted by molar-refractivity contribution is 5.91. The zero-order chi connectivity index (χ0) is 22.2. The summed E-state index contributed by atoms with van der Waals surface area (Å²) in [4.78, 5) is 13.2. The van der Waals surface area contributed by atoms with Crippen molar-refractivity contribution < 1.29 is 44.9 Å². The number of rotatable bonds is 4. The molecule has 0 aromatic heterocycles. The molecule has 1 aliphatic heterocycles. The van der Waals surface area contributed by atoms with Crippen LogP contribution < -0.4 is 0 Å². The van der Waals surface area contributed by atoms with Crippen LogP contribution in [-0.4, -0.2) is 85.9 Å². The zero-order valence-corrected chi connectivity index (χ0v) is 17.5. The number of ether oxygens (including phenoxy) is 2. The number of Topliss-reactive ketones (excluding diaryl/α,β-unsaturated/α-hetero) is 1. The van der Waals surface area contributed by atoms with Crippen molar-refractivity contribution in [2.45, 2.75) is 76.3 Å². The predicted molar refractivity (Wildman–Crippen MR) is 102 cm³/mol. The van der Waals surface area contributed by atoms with Crippen molar-refractivity contribution in [3.8, 4) is 0 Å². The van der Waals surface area contributed by atoms with E-state index >= 15 is 0 Å². The minimum atomic E-state index is -1.58. The van der Waals surface area contributed by atoms with Crippen LogP contribution in [0.5, 0.6) is 0 Å². The summed E-state index contributed by atoms with van der Waals surface area (Å²) < 4.78 is 11.6. The lowest BCUT2D eigenvalue weighted by Crippen LogP contribution is -2.60. The van der Waals surface area contributed by atoms with Gasteiger partial charge in [0.05, 0.1) is 30.1 Å². The summed E-state index contributed by atoms with van der Waals surface area (Å²) in [6.45, 7) is 4.25. The first kappa shape index (κ1) is 22.1. The highest BCUT2D eigenvalue weighted by atomic mass is 16.7. The molecule has 0 bridgehead atoms. The molecule has 6 N–H and O–H groups in total. The van der Waals surface area contributed by atoms with E-state index in [1.54, 1.807) is 13.8 Å². The molecular weight excluding hydrogens is 396 g/mol. The van der Waals surface area contributed by atoms with Gasteiger partial charge >= 0.3 is 0 Å². The SMILES string of the molecule is CC1=C(O[C@@H]2O[C@H](CO)[C@@H](O)[C@H](O)[C@H]2O)C2C[C@@](C)(CO)C(=O)[C@@H]2[C@](C)(O)C12CC2. The lowest BCUT2D eigenvalue weighted by atomic mass is 9.62. The van der Waals surface area contributed by atoms with E-state index in [2.05, 4.69) is 0 Å². The fourth-order valence-corrected chi connectivity index (χ4v) is 5.96. The van der Waals surface area contributed by atoms with E-state index < -0.39 is 65.6 Å². The van der Waals surface area contributed by atoms with Crippen molar-refractivity contribution in [2.24, 2.45) is 22.7 Å². The first-order valence-corrected chi connectivity index (χ1v) is 10.5. The third-order valence-corrected chi connectivity index (χ3v) is 8.14. The second-order valence-corrected chi connectivity index (χ2v) is 9.91. The average Bonchev–Trinajstić information content (AvgIpc) is 3.47. The Bertz CT molecular complexity index is 756. The Balaban J connectivity index is 1.73. The van der Waals surface area contributed by atoms with Gasteiger partial charge in [-0.25, -0.2) is 0 Å². The zero-order valence-electron chi connectivity index (χ0n) is 17.5. The second kappa shape index (κ2) is 6.96. The van der Waals surface area contributed by atoms with Crippen molar-refractivity contribution in [3.63, 3.8) is 0 Å². The van der Waals surface area contributed by atoms with E-state index in [0.29, 0.717) is 18.6 Å². The van der Waals surface area contributed by atoms with Crippen LogP contribution in [0.2, 0.25) is 0 Å². The fraction of sp³-hybridized carbons (Fsp3) is 0.857. The molecule has 0 radical (unpaired) electrons. The maximum absolute atomic E-state index is 13.2. The van der Waals surface area contributed by atoms with Crippen LogP contribution >= 0.6 is 0 Å².